The van der Waals surface area contributed by atoms with Gasteiger partial charge < -0.3 is 15.2 Å². The second-order valence-electron chi connectivity index (χ2n) is 3.88. The number of carbonyl (C=O) groups is 2. The summed E-state index contributed by atoms with van der Waals surface area (Å²) in [6.45, 7) is 4.03. The lowest BCUT2D eigenvalue weighted by atomic mass is 10.0. The van der Waals surface area contributed by atoms with E-state index in [1.54, 1.807) is 6.07 Å². The topological polar surface area (TPSA) is 69.2 Å². The molecule has 0 saturated heterocycles. The van der Waals surface area contributed by atoms with Crippen molar-refractivity contribution in [2.24, 2.45) is 0 Å². The van der Waals surface area contributed by atoms with Crippen LogP contribution in [-0.2, 0) is 9.59 Å². The van der Waals surface area contributed by atoms with Crippen LogP contribution in [0.5, 0.6) is 0 Å². The van der Waals surface area contributed by atoms with Crippen molar-refractivity contribution in [1.29, 1.82) is 0 Å². The second kappa shape index (κ2) is 5.84. The number of para-hydroxylation sites is 1. The Hall–Kier alpha value is -2.10. The van der Waals surface area contributed by atoms with Gasteiger partial charge in [0, 0.05) is 11.8 Å². The minimum Gasteiger partial charge on any atom is -0.545 e. The number of carbonyl (C=O) groups excluding carboxylic acids is 2. The van der Waals surface area contributed by atoms with Gasteiger partial charge in [-0.05, 0) is 23.6 Å². The Balaban J connectivity index is 2.81. The van der Waals surface area contributed by atoms with E-state index in [1.165, 1.54) is 0 Å². The Morgan fingerprint density at radius 3 is 2.47 bits per heavy atom. The Bertz CT molecular complexity index is 450. The summed E-state index contributed by atoms with van der Waals surface area (Å²) in [4.78, 5) is 21.6. The maximum Gasteiger partial charge on any atom is 0.248 e. The molecule has 0 unspecified atom stereocenters. The number of carboxylic acids is 1. The zero-order valence-electron chi connectivity index (χ0n) is 9.77. The molecule has 90 valence electrons. The van der Waals surface area contributed by atoms with Crippen molar-refractivity contribution >= 4 is 17.6 Å². The van der Waals surface area contributed by atoms with Crippen molar-refractivity contribution < 1.29 is 14.7 Å². The van der Waals surface area contributed by atoms with Gasteiger partial charge in [0.05, 0.1) is 5.97 Å². The zero-order valence-corrected chi connectivity index (χ0v) is 9.77. The normalized spacial score (nSPS) is 10.8. The van der Waals surface area contributed by atoms with Gasteiger partial charge in [-0.25, -0.2) is 0 Å². The van der Waals surface area contributed by atoms with Crippen molar-refractivity contribution in [2.75, 3.05) is 5.32 Å². The van der Waals surface area contributed by atoms with Crippen LogP contribution in [0.15, 0.2) is 36.4 Å². The molecule has 0 aliphatic heterocycles. The predicted molar refractivity (Wildman–Crippen MR) is 63.3 cm³/mol. The highest BCUT2D eigenvalue weighted by atomic mass is 16.4. The lowest BCUT2D eigenvalue weighted by molar-refractivity contribution is -0.297. The van der Waals surface area contributed by atoms with E-state index in [4.69, 9.17) is 0 Å². The Kier molecular flexibility index (Phi) is 4.46. The second-order valence-corrected chi connectivity index (χ2v) is 3.88. The summed E-state index contributed by atoms with van der Waals surface area (Å²) in [5.74, 6) is -1.60. The molecule has 0 saturated carbocycles. The maximum absolute atomic E-state index is 11.4. The summed E-state index contributed by atoms with van der Waals surface area (Å²) in [6.07, 6.45) is 1.64. The van der Waals surface area contributed by atoms with E-state index in [0.29, 0.717) is 11.8 Å². The fraction of sp³-hybridized carbons (Fsp3) is 0.231. The molecule has 0 aromatic heterocycles. The van der Waals surface area contributed by atoms with Crippen LogP contribution in [0, 0.1) is 0 Å². The molecule has 17 heavy (non-hydrogen) atoms. The van der Waals surface area contributed by atoms with Crippen LogP contribution in [0.1, 0.15) is 25.3 Å². The molecule has 1 N–H and O–H groups in total. The molecule has 0 spiro atoms. The van der Waals surface area contributed by atoms with Crippen molar-refractivity contribution in [2.45, 2.75) is 19.8 Å². The highest BCUT2D eigenvalue weighted by molar-refractivity contribution is 6.02. The van der Waals surface area contributed by atoms with Crippen molar-refractivity contribution in [1.82, 2.24) is 0 Å². The molecule has 0 radical (unpaired) electrons. The van der Waals surface area contributed by atoms with Crippen molar-refractivity contribution in [3.8, 4) is 0 Å². The molecule has 0 aliphatic carbocycles. The molecule has 1 rings (SSSR count). The summed E-state index contributed by atoms with van der Waals surface area (Å²) in [6, 6.07) is 7.40. The molecular weight excluding hydrogens is 218 g/mol. The fourth-order valence-corrected chi connectivity index (χ4v) is 1.43. The minimum atomic E-state index is -1.39. The molecule has 0 fully saturated rings. The predicted octanol–water partition coefficient (Wildman–Crippen LogP) is 1.05. The summed E-state index contributed by atoms with van der Waals surface area (Å²) in [5.41, 5.74) is 1.69. The number of nitrogens with one attached hydrogen (secondary N) is 1. The first-order valence-corrected chi connectivity index (χ1v) is 5.29. The van der Waals surface area contributed by atoms with Crippen LogP contribution >= 0.6 is 0 Å². The molecular formula is C13H14NO3-. The standard InChI is InChI=1S/C13H15NO3/c1-9(2)10-5-3-4-6-11(10)14-12(15)7-8-13(16)17/h3-9H,1-2H3,(H,14,15)(H,16,17)/p-1/b8-7-. The van der Waals surface area contributed by atoms with Crippen LogP contribution in [0.4, 0.5) is 5.69 Å². The fourth-order valence-electron chi connectivity index (χ4n) is 1.43. The molecule has 0 aliphatic rings. The van der Waals surface area contributed by atoms with Crippen LogP contribution in [0.25, 0.3) is 0 Å². The third-order valence-corrected chi connectivity index (χ3v) is 2.21. The first-order valence-electron chi connectivity index (χ1n) is 5.29. The number of carboxylic acid groups (broad SMARTS) is 1. The third-order valence-electron chi connectivity index (χ3n) is 2.21. The number of hydrogen-bond donors (Lipinski definition) is 1. The van der Waals surface area contributed by atoms with Crippen molar-refractivity contribution in [3.05, 3.63) is 42.0 Å². The summed E-state index contributed by atoms with van der Waals surface area (Å²) >= 11 is 0. The summed E-state index contributed by atoms with van der Waals surface area (Å²) in [7, 11) is 0. The molecule has 0 heterocycles. The van der Waals surface area contributed by atoms with Crippen LogP contribution in [-0.4, -0.2) is 11.9 Å². The lowest BCUT2D eigenvalue weighted by Gasteiger charge is -2.12. The molecule has 1 amide bonds. The first-order chi connectivity index (χ1) is 8.00. The highest BCUT2D eigenvalue weighted by Crippen LogP contribution is 2.23. The van der Waals surface area contributed by atoms with E-state index in [1.807, 2.05) is 32.0 Å². The van der Waals surface area contributed by atoms with Crippen molar-refractivity contribution in [3.63, 3.8) is 0 Å². The van der Waals surface area contributed by atoms with Gasteiger partial charge in [0.2, 0.25) is 5.91 Å². The average molecular weight is 232 g/mol. The van der Waals surface area contributed by atoms with Gasteiger partial charge in [0.1, 0.15) is 0 Å². The van der Waals surface area contributed by atoms with Crippen LogP contribution in [0.3, 0.4) is 0 Å². The van der Waals surface area contributed by atoms with Gasteiger partial charge in [-0.3, -0.25) is 4.79 Å². The van der Waals surface area contributed by atoms with E-state index in [9.17, 15) is 14.7 Å². The quantitative estimate of drug-likeness (QED) is 0.789. The lowest BCUT2D eigenvalue weighted by Crippen LogP contribution is -2.20. The van der Waals surface area contributed by atoms with Gasteiger partial charge in [0.15, 0.2) is 0 Å². The smallest absolute Gasteiger partial charge is 0.248 e. The molecule has 4 heteroatoms. The molecule has 4 nitrogen and oxygen atoms in total. The van der Waals surface area contributed by atoms with Crippen LogP contribution < -0.4 is 10.4 Å². The minimum absolute atomic E-state index is 0.275. The van der Waals surface area contributed by atoms with E-state index < -0.39 is 11.9 Å². The van der Waals surface area contributed by atoms with E-state index >= 15 is 0 Å². The average Bonchev–Trinajstić information content (AvgIpc) is 2.27. The largest absolute Gasteiger partial charge is 0.545 e. The Labute approximate surface area is 100.0 Å². The van der Waals surface area contributed by atoms with Gasteiger partial charge in [-0.2, -0.15) is 0 Å². The third kappa shape index (κ3) is 4.10. The van der Waals surface area contributed by atoms with E-state index in [-0.39, 0.29) is 5.92 Å². The number of amides is 1. The number of rotatable bonds is 4. The van der Waals surface area contributed by atoms with Crippen LogP contribution in [0.2, 0.25) is 0 Å². The first kappa shape index (κ1) is 13.0. The SMILES string of the molecule is CC(C)c1ccccc1NC(=O)/C=C\C(=O)[O-]. The number of anilines is 1. The van der Waals surface area contributed by atoms with Gasteiger partial charge in [-0.1, -0.05) is 32.0 Å². The van der Waals surface area contributed by atoms with E-state index in [0.717, 1.165) is 11.6 Å². The molecule has 0 bridgehead atoms. The van der Waals surface area contributed by atoms with E-state index in [2.05, 4.69) is 5.32 Å². The van der Waals surface area contributed by atoms with Gasteiger partial charge >= 0.3 is 0 Å². The zero-order chi connectivity index (χ0) is 12.8. The number of hydrogen-bond acceptors (Lipinski definition) is 3. The monoisotopic (exact) mass is 232 g/mol. The van der Waals surface area contributed by atoms with Gasteiger partial charge in [0.25, 0.3) is 0 Å². The molecule has 1 aromatic rings. The highest BCUT2D eigenvalue weighted by Gasteiger charge is 2.06. The molecule has 1 aromatic carbocycles. The number of aliphatic carboxylic acids is 1. The maximum atomic E-state index is 11.4. The number of benzene rings is 1. The molecule has 0 atom stereocenters. The Morgan fingerprint density at radius 1 is 1.24 bits per heavy atom. The summed E-state index contributed by atoms with van der Waals surface area (Å²) in [5, 5.41) is 12.8. The van der Waals surface area contributed by atoms with Gasteiger partial charge in [-0.15, -0.1) is 0 Å². The Morgan fingerprint density at radius 2 is 1.88 bits per heavy atom. The summed E-state index contributed by atoms with van der Waals surface area (Å²) < 4.78 is 0.